The summed E-state index contributed by atoms with van der Waals surface area (Å²) >= 11 is 0. The first kappa shape index (κ1) is 10.4. The number of hydrogen-bond acceptors (Lipinski definition) is 4. The molecule has 4 nitrogen and oxygen atoms in total. The van der Waals surface area contributed by atoms with E-state index in [-0.39, 0.29) is 0 Å². The largest absolute Gasteiger partial charge is 0.382 e. The van der Waals surface area contributed by atoms with Crippen LogP contribution in [0.5, 0.6) is 0 Å². The van der Waals surface area contributed by atoms with Crippen molar-refractivity contribution in [3.05, 3.63) is 17.6 Å². The summed E-state index contributed by atoms with van der Waals surface area (Å²) in [5.41, 5.74) is 7.88. The van der Waals surface area contributed by atoms with Crippen LogP contribution in [0.25, 0.3) is 0 Å². The van der Waals surface area contributed by atoms with E-state index in [1.54, 1.807) is 6.20 Å². The molecule has 0 aromatic carbocycles. The van der Waals surface area contributed by atoms with Crippen LogP contribution in [-0.2, 0) is 0 Å². The van der Waals surface area contributed by atoms with Gasteiger partial charge in [0.05, 0.1) is 17.6 Å². The zero-order valence-corrected chi connectivity index (χ0v) is 9.57. The Balaban J connectivity index is 2.46. The van der Waals surface area contributed by atoms with Crippen LogP contribution in [0.15, 0.2) is 6.20 Å². The number of fused-ring (bicyclic) bond motifs is 1. The summed E-state index contributed by atoms with van der Waals surface area (Å²) in [5, 5.41) is 0. The molecule has 2 atom stereocenters. The number of nitrogens with two attached hydrogens (primary N) is 1. The highest BCUT2D eigenvalue weighted by molar-refractivity contribution is 5.31. The highest BCUT2D eigenvalue weighted by atomic mass is 15.1. The fourth-order valence-electron chi connectivity index (χ4n) is 2.35. The molecule has 15 heavy (non-hydrogen) atoms. The van der Waals surface area contributed by atoms with E-state index in [4.69, 9.17) is 5.73 Å². The molecular formula is C11H18N4. The second-order valence-corrected chi connectivity index (χ2v) is 4.59. The maximum absolute atomic E-state index is 5.69. The zero-order valence-electron chi connectivity index (χ0n) is 9.57. The maximum atomic E-state index is 5.69. The van der Waals surface area contributed by atoms with Gasteiger partial charge in [-0.25, -0.2) is 4.98 Å². The summed E-state index contributed by atoms with van der Waals surface area (Å²) in [6.07, 6.45) is 1.66. The van der Waals surface area contributed by atoms with Gasteiger partial charge in [-0.1, -0.05) is 13.8 Å². The summed E-state index contributed by atoms with van der Waals surface area (Å²) in [7, 11) is 2.14. The number of rotatable bonds is 0. The van der Waals surface area contributed by atoms with Crippen LogP contribution in [0.2, 0.25) is 0 Å². The van der Waals surface area contributed by atoms with Crippen molar-refractivity contribution >= 4 is 5.82 Å². The second-order valence-electron chi connectivity index (χ2n) is 4.59. The van der Waals surface area contributed by atoms with Crippen LogP contribution in [-0.4, -0.2) is 35.0 Å². The minimum absolute atomic E-state index is 0.408. The second kappa shape index (κ2) is 3.77. The average molecular weight is 206 g/mol. The topological polar surface area (TPSA) is 55.0 Å². The molecule has 2 N–H and O–H groups in total. The Bertz CT molecular complexity index is 364. The molecule has 0 bridgehead atoms. The van der Waals surface area contributed by atoms with Crippen molar-refractivity contribution in [1.29, 1.82) is 0 Å². The van der Waals surface area contributed by atoms with E-state index >= 15 is 0 Å². The third-order valence-corrected chi connectivity index (χ3v) is 2.95. The lowest BCUT2D eigenvalue weighted by Crippen LogP contribution is -2.24. The van der Waals surface area contributed by atoms with Gasteiger partial charge in [-0.15, -0.1) is 0 Å². The van der Waals surface area contributed by atoms with E-state index in [0.717, 1.165) is 24.5 Å². The summed E-state index contributed by atoms with van der Waals surface area (Å²) in [6.45, 7) is 6.44. The van der Waals surface area contributed by atoms with Gasteiger partial charge >= 0.3 is 0 Å². The summed E-state index contributed by atoms with van der Waals surface area (Å²) in [6, 6.07) is 0. The highest BCUT2D eigenvalue weighted by Crippen LogP contribution is 2.28. The van der Waals surface area contributed by atoms with Gasteiger partial charge in [0.25, 0.3) is 0 Å². The van der Waals surface area contributed by atoms with Gasteiger partial charge in [0.15, 0.2) is 0 Å². The number of aromatic nitrogens is 2. The van der Waals surface area contributed by atoms with Gasteiger partial charge in [-0.05, 0) is 7.05 Å². The van der Waals surface area contributed by atoms with Gasteiger partial charge in [0.1, 0.15) is 5.82 Å². The SMILES string of the molecule is C[C@@H]1CN(C)C[C@H](C)c2ncc(N)nc21. The van der Waals surface area contributed by atoms with Crippen LogP contribution in [0.1, 0.15) is 37.1 Å². The monoisotopic (exact) mass is 206 g/mol. The van der Waals surface area contributed by atoms with Gasteiger partial charge < -0.3 is 10.6 Å². The molecule has 0 fully saturated rings. The molecule has 1 aliphatic heterocycles. The highest BCUT2D eigenvalue weighted by Gasteiger charge is 2.25. The molecule has 2 heterocycles. The van der Waals surface area contributed by atoms with Crippen molar-refractivity contribution in [2.24, 2.45) is 0 Å². The lowest BCUT2D eigenvalue weighted by molar-refractivity contribution is 0.313. The Labute approximate surface area is 90.5 Å². The quantitative estimate of drug-likeness (QED) is 0.693. The zero-order chi connectivity index (χ0) is 11.0. The maximum Gasteiger partial charge on any atom is 0.142 e. The van der Waals surface area contributed by atoms with E-state index in [1.807, 2.05) is 0 Å². The summed E-state index contributed by atoms with van der Waals surface area (Å²) in [5.74, 6) is 1.37. The van der Waals surface area contributed by atoms with Crippen molar-refractivity contribution in [3.63, 3.8) is 0 Å². The standard InChI is InChI=1S/C11H18N4/c1-7-5-15(3)6-8(2)11-10(7)13-4-9(12)14-11/h4,7-8H,5-6H2,1-3H3,(H2,12,14)/t7-,8+/m0/s1. The molecule has 4 heteroatoms. The Morgan fingerprint density at radius 1 is 1.27 bits per heavy atom. The number of likely N-dealkylation sites (N-methyl/N-ethyl adjacent to an activating group) is 1. The van der Waals surface area contributed by atoms with Gasteiger partial charge in [0.2, 0.25) is 0 Å². The van der Waals surface area contributed by atoms with Crippen molar-refractivity contribution in [1.82, 2.24) is 14.9 Å². The molecular weight excluding hydrogens is 188 g/mol. The molecule has 1 aromatic rings. The molecule has 0 saturated heterocycles. The Hall–Kier alpha value is -1.16. The predicted octanol–water partition coefficient (Wildman–Crippen LogP) is 1.21. The molecule has 0 spiro atoms. The molecule has 82 valence electrons. The fraction of sp³-hybridized carbons (Fsp3) is 0.636. The normalized spacial score (nSPS) is 27.1. The minimum atomic E-state index is 0.408. The van der Waals surface area contributed by atoms with Crippen molar-refractivity contribution in [3.8, 4) is 0 Å². The smallest absolute Gasteiger partial charge is 0.142 e. The number of anilines is 1. The van der Waals surface area contributed by atoms with Crippen LogP contribution >= 0.6 is 0 Å². The van der Waals surface area contributed by atoms with E-state index in [2.05, 4.69) is 35.8 Å². The van der Waals surface area contributed by atoms with Crippen LogP contribution in [0.3, 0.4) is 0 Å². The van der Waals surface area contributed by atoms with E-state index in [9.17, 15) is 0 Å². The third-order valence-electron chi connectivity index (χ3n) is 2.95. The third kappa shape index (κ3) is 1.95. The predicted molar refractivity (Wildman–Crippen MR) is 60.8 cm³/mol. The van der Waals surface area contributed by atoms with Crippen molar-refractivity contribution in [2.45, 2.75) is 25.7 Å². The van der Waals surface area contributed by atoms with Crippen molar-refractivity contribution < 1.29 is 0 Å². The molecule has 0 unspecified atom stereocenters. The van der Waals surface area contributed by atoms with E-state index in [0.29, 0.717) is 17.7 Å². The summed E-state index contributed by atoms with van der Waals surface area (Å²) < 4.78 is 0. The fourth-order valence-corrected chi connectivity index (χ4v) is 2.35. The Kier molecular flexibility index (Phi) is 2.61. The molecule has 0 aliphatic carbocycles. The molecule has 0 amide bonds. The number of hydrogen-bond donors (Lipinski definition) is 1. The van der Waals surface area contributed by atoms with Gasteiger partial charge in [0, 0.05) is 24.9 Å². The van der Waals surface area contributed by atoms with Gasteiger partial charge in [-0.3, -0.25) is 4.98 Å². The average Bonchev–Trinajstić information content (AvgIpc) is 2.25. The lowest BCUT2D eigenvalue weighted by atomic mass is 10.0. The minimum Gasteiger partial charge on any atom is -0.382 e. The van der Waals surface area contributed by atoms with Crippen LogP contribution in [0.4, 0.5) is 5.82 Å². The first-order valence-corrected chi connectivity index (χ1v) is 5.38. The summed E-state index contributed by atoms with van der Waals surface area (Å²) in [4.78, 5) is 11.2. The van der Waals surface area contributed by atoms with Crippen LogP contribution in [0, 0.1) is 0 Å². The lowest BCUT2D eigenvalue weighted by Gasteiger charge is -2.17. The molecule has 0 saturated carbocycles. The first-order chi connectivity index (χ1) is 7.08. The molecule has 1 aromatic heterocycles. The van der Waals surface area contributed by atoms with Crippen LogP contribution < -0.4 is 5.73 Å². The van der Waals surface area contributed by atoms with E-state index < -0.39 is 0 Å². The Morgan fingerprint density at radius 2 is 1.87 bits per heavy atom. The van der Waals surface area contributed by atoms with Crippen molar-refractivity contribution in [2.75, 3.05) is 25.9 Å². The Morgan fingerprint density at radius 3 is 2.53 bits per heavy atom. The van der Waals surface area contributed by atoms with E-state index in [1.165, 1.54) is 0 Å². The molecule has 2 rings (SSSR count). The first-order valence-electron chi connectivity index (χ1n) is 5.38. The molecule has 1 aliphatic rings. The number of nitrogens with zero attached hydrogens (tertiary/aromatic N) is 3. The molecule has 0 radical (unpaired) electrons. The van der Waals surface area contributed by atoms with Gasteiger partial charge in [-0.2, -0.15) is 0 Å². The number of nitrogen functional groups attached to an aromatic ring is 1.